The summed E-state index contributed by atoms with van der Waals surface area (Å²) >= 11 is 0. The van der Waals surface area contributed by atoms with Crippen LogP contribution in [0.4, 0.5) is 0 Å². The van der Waals surface area contributed by atoms with E-state index in [1.807, 2.05) is 26.2 Å². The lowest BCUT2D eigenvalue weighted by atomic mass is 9.75. The lowest BCUT2D eigenvalue weighted by Crippen LogP contribution is -2.24. The van der Waals surface area contributed by atoms with E-state index < -0.39 is 0 Å². The van der Waals surface area contributed by atoms with Gasteiger partial charge in [-0.15, -0.1) is 0 Å². The summed E-state index contributed by atoms with van der Waals surface area (Å²) in [4.78, 5) is 21.1. The van der Waals surface area contributed by atoms with Gasteiger partial charge in [0.25, 0.3) is 0 Å². The Hall–Kier alpha value is -2.03. The lowest BCUT2D eigenvalue weighted by molar-refractivity contribution is -0.126. The van der Waals surface area contributed by atoms with Crippen LogP contribution in [0.15, 0.2) is 36.7 Å². The molecule has 0 spiro atoms. The molecule has 0 unspecified atom stereocenters. The molecule has 26 heavy (non-hydrogen) atoms. The summed E-state index contributed by atoms with van der Waals surface area (Å²) < 4.78 is 0. The van der Waals surface area contributed by atoms with E-state index in [1.54, 1.807) is 0 Å². The van der Waals surface area contributed by atoms with Crippen molar-refractivity contribution in [2.75, 3.05) is 0 Å². The van der Waals surface area contributed by atoms with E-state index in [-0.39, 0.29) is 11.8 Å². The minimum Gasteiger partial charge on any atom is -0.299 e. The van der Waals surface area contributed by atoms with E-state index in [0.717, 1.165) is 42.6 Å². The molecule has 1 aliphatic carbocycles. The molecule has 2 aromatic rings. The third-order valence-electron chi connectivity index (χ3n) is 5.60. The standard InChI is InChI=1S/C23H30N2O/c1-15(2)22(26)20-11-9-18(10-12-20)17-5-7-19(8-6-17)21-13-24-23(16(3)4)25-14-21/h5-8,13-16,18,20H,9-12H2,1-4H3/t18-,20+. The Morgan fingerprint density at radius 1 is 0.885 bits per heavy atom. The van der Waals surface area contributed by atoms with Crippen LogP contribution >= 0.6 is 0 Å². The zero-order chi connectivity index (χ0) is 18.7. The second-order valence-corrected chi connectivity index (χ2v) is 8.21. The van der Waals surface area contributed by atoms with Crippen molar-refractivity contribution in [1.82, 2.24) is 9.97 Å². The molecular formula is C23H30N2O. The van der Waals surface area contributed by atoms with Crippen LogP contribution in [0.25, 0.3) is 11.1 Å². The zero-order valence-electron chi connectivity index (χ0n) is 16.4. The highest BCUT2D eigenvalue weighted by molar-refractivity contribution is 5.82. The fourth-order valence-corrected chi connectivity index (χ4v) is 3.92. The topological polar surface area (TPSA) is 42.9 Å². The molecule has 0 amide bonds. The molecule has 1 aliphatic rings. The van der Waals surface area contributed by atoms with Gasteiger partial charge < -0.3 is 0 Å². The van der Waals surface area contributed by atoms with Crippen molar-refractivity contribution in [2.24, 2.45) is 11.8 Å². The van der Waals surface area contributed by atoms with Gasteiger partial charge in [0.15, 0.2) is 0 Å². The van der Waals surface area contributed by atoms with Crippen LogP contribution in [0.1, 0.15) is 76.6 Å². The zero-order valence-corrected chi connectivity index (χ0v) is 16.4. The molecule has 1 fully saturated rings. The summed E-state index contributed by atoms with van der Waals surface area (Å²) in [6.45, 7) is 8.25. The second-order valence-electron chi connectivity index (χ2n) is 8.21. The molecule has 0 aliphatic heterocycles. The molecule has 1 aromatic carbocycles. The molecule has 138 valence electrons. The number of hydrogen-bond acceptors (Lipinski definition) is 3. The van der Waals surface area contributed by atoms with Crippen molar-refractivity contribution < 1.29 is 4.79 Å². The molecule has 0 saturated heterocycles. The van der Waals surface area contributed by atoms with Crippen molar-refractivity contribution >= 4 is 5.78 Å². The van der Waals surface area contributed by atoms with E-state index in [0.29, 0.717) is 17.6 Å². The van der Waals surface area contributed by atoms with Gasteiger partial charge in [0.05, 0.1) is 0 Å². The van der Waals surface area contributed by atoms with Gasteiger partial charge in [-0.25, -0.2) is 9.97 Å². The molecule has 0 atom stereocenters. The van der Waals surface area contributed by atoms with Crippen molar-refractivity contribution in [3.05, 3.63) is 48.0 Å². The van der Waals surface area contributed by atoms with Crippen molar-refractivity contribution in [2.45, 2.75) is 65.2 Å². The number of carbonyl (C=O) groups is 1. The SMILES string of the molecule is CC(C)c1ncc(-c2ccc([C@H]3CC[C@@H](C(=O)C(C)C)CC3)cc2)cn1. The van der Waals surface area contributed by atoms with Gasteiger partial charge in [-0.2, -0.15) is 0 Å². The Morgan fingerprint density at radius 2 is 1.46 bits per heavy atom. The van der Waals surface area contributed by atoms with Gasteiger partial charge in [0, 0.05) is 35.7 Å². The summed E-state index contributed by atoms with van der Waals surface area (Å²) in [6, 6.07) is 8.82. The molecule has 1 saturated carbocycles. The average Bonchev–Trinajstić information content (AvgIpc) is 2.67. The first kappa shape index (κ1) is 18.8. The van der Waals surface area contributed by atoms with Crippen LogP contribution in [0, 0.1) is 11.8 Å². The van der Waals surface area contributed by atoms with Crippen LogP contribution < -0.4 is 0 Å². The Morgan fingerprint density at radius 3 is 1.96 bits per heavy atom. The van der Waals surface area contributed by atoms with E-state index in [2.05, 4.69) is 48.1 Å². The molecule has 0 bridgehead atoms. The van der Waals surface area contributed by atoms with Crippen molar-refractivity contribution in [3.8, 4) is 11.1 Å². The molecule has 3 nitrogen and oxygen atoms in total. The number of ketones is 1. The number of hydrogen-bond donors (Lipinski definition) is 0. The van der Waals surface area contributed by atoms with E-state index >= 15 is 0 Å². The predicted molar refractivity (Wildman–Crippen MR) is 106 cm³/mol. The van der Waals surface area contributed by atoms with Gasteiger partial charge in [-0.3, -0.25) is 4.79 Å². The highest BCUT2D eigenvalue weighted by Gasteiger charge is 2.28. The highest BCUT2D eigenvalue weighted by Crippen LogP contribution is 2.37. The van der Waals surface area contributed by atoms with Crippen LogP contribution in [-0.4, -0.2) is 15.8 Å². The molecule has 1 heterocycles. The van der Waals surface area contributed by atoms with Crippen LogP contribution in [0.3, 0.4) is 0 Å². The molecular weight excluding hydrogens is 320 g/mol. The Bertz CT molecular complexity index is 724. The quantitative estimate of drug-likeness (QED) is 0.688. The Balaban J connectivity index is 1.64. The maximum Gasteiger partial charge on any atom is 0.138 e. The van der Waals surface area contributed by atoms with Crippen molar-refractivity contribution in [3.63, 3.8) is 0 Å². The van der Waals surface area contributed by atoms with Gasteiger partial charge in [-0.1, -0.05) is 52.0 Å². The number of nitrogens with zero attached hydrogens (tertiary/aromatic N) is 2. The van der Waals surface area contributed by atoms with Gasteiger partial charge >= 0.3 is 0 Å². The second kappa shape index (κ2) is 8.11. The number of aromatic nitrogens is 2. The average molecular weight is 351 g/mol. The Kier molecular flexibility index (Phi) is 5.85. The fourth-order valence-electron chi connectivity index (χ4n) is 3.92. The van der Waals surface area contributed by atoms with Gasteiger partial charge in [-0.05, 0) is 42.7 Å². The third kappa shape index (κ3) is 4.20. The minimum absolute atomic E-state index is 0.167. The van der Waals surface area contributed by atoms with Crippen LogP contribution in [-0.2, 0) is 4.79 Å². The van der Waals surface area contributed by atoms with E-state index in [1.165, 1.54) is 5.56 Å². The largest absolute Gasteiger partial charge is 0.299 e. The normalized spacial score (nSPS) is 20.5. The maximum absolute atomic E-state index is 12.2. The predicted octanol–water partition coefficient (Wildman–Crippen LogP) is 5.77. The number of benzene rings is 1. The summed E-state index contributed by atoms with van der Waals surface area (Å²) in [5.41, 5.74) is 3.61. The molecule has 0 radical (unpaired) electrons. The van der Waals surface area contributed by atoms with E-state index in [9.17, 15) is 4.79 Å². The first-order valence-corrected chi connectivity index (χ1v) is 9.91. The van der Waals surface area contributed by atoms with Crippen LogP contribution in [0.2, 0.25) is 0 Å². The lowest BCUT2D eigenvalue weighted by Gasteiger charge is -2.29. The van der Waals surface area contributed by atoms with E-state index in [4.69, 9.17) is 0 Å². The molecule has 0 N–H and O–H groups in total. The Labute approximate surface area is 157 Å². The first-order valence-electron chi connectivity index (χ1n) is 9.91. The molecule has 3 heteroatoms. The highest BCUT2D eigenvalue weighted by atomic mass is 16.1. The van der Waals surface area contributed by atoms with Crippen molar-refractivity contribution in [1.29, 1.82) is 0 Å². The summed E-state index contributed by atoms with van der Waals surface area (Å²) in [5, 5.41) is 0. The number of Topliss-reactive ketones (excluding diaryl/α,β-unsaturated/α-hetero) is 1. The summed E-state index contributed by atoms with van der Waals surface area (Å²) in [7, 11) is 0. The number of rotatable bonds is 5. The smallest absolute Gasteiger partial charge is 0.138 e. The minimum atomic E-state index is 0.167. The van der Waals surface area contributed by atoms with Crippen LogP contribution in [0.5, 0.6) is 0 Å². The monoisotopic (exact) mass is 350 g/mol. The van der Waals surface area contributed by atoms with Gasteiger partial charge in [0.2, 0.25) is 0 Å². The third-order valence-corrected chi connectivity index (χ3v) is 5.60. The first-order chi connectivity index (χ1) is 12.5. The fraction of sp³-hybridized carbons (Fsp3) is 0.522. The maximum atomic E-state index is 12.2. The van der Waals surface area contributed by atoms with Gasteiger partial charge in [0.1, 0.15) is 11.6 Å². The number of carbonyl (C=O) groups excluding carboxylic acids is 1. The summed E-state index contributed by atoms with van der Waals surface area (Å²) in [5.74, 6) is 2.72. The summed E-state index contributed by atoms with van der Waals surface area (Å²) in [6.07, 6.45) is 8.14. The molecule has 1 aromatic heterocycles. The molecule has 3 rings (SSSR count).